The summed E-state index contributed by atoms with van der Waals surface area (Å²) in [6.07, 6.45) is 1.73. The summed E-state index contributed by atoms with van der Waals surface area (Å²) in [4.78, 5) is 17.6. The molecule has 4 rings (SSSR count). The molecule has 39 heavy (non-hydrogen) atoms. The van der Waals surface area contributed by atoms with Gasteiger partial charge in [-0.15, -0.1) is 0 Å². The molecule has 0 atom stereocenters. The van der Waals surface area contributed by atoms with Crippen LogP contribution in [0.25, 0.3) is 17.0 Å². The van der Waals surface area contributed by atoms with Gasteiger partial charge < -0.3 is 25.0 Å². The molecular formula is C32H36N4O3. The standard InChI is InChI=1S/C32H36N4O3/c1-20-26(9-8-10-27(20)33-21(2)22-11-14-24(15-12-22)32(3,4)5)28-18-36(6)31(38)30(35-28)34-25-16-13-23(19-37)29(17-25)39-7/h8-18,33,37H,2,19H2,1,3-7H3,(H,34,35). The summed E-state index contributed by atoms with van der Waals surface area (Å²) >= 11 is 0. The highest BCUT2D eigenvalue weighted by Crippen LogP contribution is 2.31. The Bertz CT molecular complexity index is 1560. The molecule has 0 aliphatic heterocycles. The Hall–Kier alpha value is -4.36. The van der Waals surface area contributed by atoms with Gasteiger partial charge in [0.15, 0.2) is 5.82 Å². The van der Waals surface area contributed by atoms with Gasteiger partial charge in [0.1, 0.15) is 5.75 Å². The second kappa shape index (κ2) is 11.2. The molecule has 4 aromatic rings. The van der Waals surface area contributed by atoms with Gasteiger partial charge in [0.2, 0.25) is 0 Å². The first-order valence-corrected chi connectivity index (χ1v) is 12.8. The van der Waals surface area contributed by atoms with Crippen molar-refractivity contribution in [2.75, 3.05) is 17.7 Å². The highest BCUT2D eigenvalue weighted by Gasteiger charge is 2.15. The third-order valence-corrected chi connectivity index (χ3v) is 6.79. The van der Waals surface area contributed by atoms with Gasteiger partial charge in [-0.3, -0.25) is 4.79 Å². The lowest BCUT2D eigenvalue weighted by Gasteiger charge is -2.20. The molecule has 0 unspecified atom stereocenters. The third kappa shape index (κ3) is 6.04. The lowest BCUT2D eigenvalue weighted by atomic mass is 9.86. The number of ether oxygens (including phenoxy) is 1. The van der Waals surface area contributed by atoms with E-state index in [0.717, 1.165) is 28.1 Å². The Morgan fingerprint density at radius 2 is 1.82 bits per heavy atom. The predicted molar refractivity (Wildman–Crippen MR) is 160 cm³/mol. The highest BCUT2D eigenvalue weighted by molar-refractivity contribution is 5.81. The van der Waals surface area contributed by atoms with Crippen molar-refractivity contribution in [3.63, 3.8) is 0 Å². The molecule has 0 radical (unpaired) electrons. The molecule has 0 bridgehead atoms. The number of aryl methyl sites for hydroxylation is 1. The maximum atomic E-state index is 12.9. The van der Waals surface area contributed by atoms with Crippen LogP contribution in [0.1, 0.15) is 43.0 Å². The normalized spacial score (nSPS) is 11.3. The number of aliphatic hydroxyl groups is 1. The summed E-state index contributed by atoms with van der Waals surface area (Å²) < 4.78 is 6.87. The van der Waals surface area contributed by atoms with E-state index in [-0.39, 0.29) is 23.4 Å². The molecule has 0 saturated heterocycles. The quantitative estimate of drug-likeness (QED) is 0.248. The molecule has 7 heteroatoms. The summed E-state index contributed by atoms with van der Waals surface area (Å²) in [6, 6.07) is 19.7. The number of anilines is 3. The molecular weight excluding hydrogens is 488 g/mol. The highest BCUT2D eigenvalue weighted by atomic mass is 16.5. The predicted octanol–water partition coefficient (Wildman–Crippen LogP) is 6.38. The third-order valence-electron chi connectivity index (χ3n) is 6.79. The molecule has 0 fully saturated rings. The van der Waals surface area contributed by atoms with Gasteiger partial charge >= 0.3 is 0 Å². The summed E-state index contributed by atoms with van der Waals surface area (Å²) in [6.45, 7) is 12.7. The summed E-state index contributed by atoms with van der Waals surface area (Å²) in [7, 11) is 3.24. The van der Waals surface area contributed by atoms with Gasteiger partial charge in [0.05, 0.1) is 19.4 Å². The number of nitrogens with zero attached hydrogens (tertiary/aromatic N) is 2. The molecule has 0 saturated carbocycles. The second-order valence-corrected chi connectivity index (χ2v) is 10.6. The number of hydrogen-bond donors (Lipinski definition) is 3. The van der Waals surface area contributed by atoms with Crippen molar-refractivity contribution >= 4 is 22.9 Å². The van der Waals surface area contributed by atoms with Crippen LogP contribution < -0.4 is 20.9 Å². The van der Waals surface area contributed by atoms with E-state index < -0.39 is 0 Å². The van der Waals surface area contributed by atoms with Crippen LogP contribution in [-0.2, 0) is 19.1 Å². The van der Waals surface area contributed by atoms with Gasteiger partial charge in [-0.05, 0) is 41.2 Å². The van der Waals surface area contributed by atoms with E-state index in [2.05, 4.69) is 67.2 Å². The molecule has 3 aromatic carbocycles. The van der Waals surface area contributed by atoms with Crippen molar-refractivity contribution in [3.8, 4) is 17.0 Å². The Kier molecular flexibility index (Phi) is 7.93. The fourth-order valence-electron chi connectivity index (χ4n) is 4.36. The first-order chi connectivity index (χ1) is 18.5. The van der Waals surface area contributed by atoms with E-state index in [0.29, 0.717) is 22.7 Å². The number of aliphatic hydroxyl groups excluding tert-OH is 1. The van der Waals surface area contributed by atoms with E-state index in [4.69, 9.17) is 4.74 Å². The number of nitrogens with one attached hydrogen (secondary N) is 2. The molecule has 0 amide bonds. The molecule has 1 aromatic heterocycles. The van der Waals surface area contributed by atoms with Crippen LogP contribution in [0.2, 0.25) is 0 Å². The zero-order chi connectivity index (χ0) is 28.3. The van der Waals surface area contributed by atoms with Gasteiger partial charge in [0, 0.05) is 47.5 Å². The van der Waals surface area contributed by atoms with Crippen molar-refractivity contribution < 1.29 is 9.84 Å². The van der Waals surface area contributed by atoms with Crippen molar-refractivity contribution in [2.45, 2.75) is 39.7 Å². The number of benzene rings is 3. The lowest BCUT2D eigenvalue weighted by Crippen LogP contribution is -2.21. The van der Waals surface area contributed by atoms with Crippen LogP contribution in [-0.4, -0.2) is 21.8 Å². The van der Waals surface area contributed by atoms with Crippen LogP contribution in [0.15, 0.2) is 78.2 Å². The summed E-state index contributed by atoms with van der Waals surface area (Å²) in [5.74, 6) is 0.716. The van der Waals surface area contributed by atoms with Crippen LogP contribution in [0.4, 0.5) is 17.2 Å². The Morgan fingerprint density at radius 1 is 1.10 bits per heavy atom. The fourth-order valence-corrected chi connectivity index (χ4v) is 4.36. The number of rotatable bonds is 8. The van der Waals surface area contributed by atoms with Crippen molar-refractivity contribution in [1.82, 2.24) is 9.55 Å². The largest absolute Gasteiger partial charge is 0.496 e. The number of aromatic nitrogens is 2. The molecule has 0 spiro atoms. The molecule has 202 valence electrons. The van der Waals surface area contributed by atoms with Gasteiger partial charge in [-0.25, -0.2) is 4.98 Å². The molecule has 1 heterocycles. The molecule has 0 aliphatic carbocycles. The first kappa shape index (κ1) is 27.7. The first-order valence-electron chi connectivity index (χ1n) is 12.8. The molecule has 7 nitrogen and oxygen atoms in total. The van der Waals surface area contributed by atoms with Crippen LogP contribution in [0.3, 0.4) is 0 Å². The van der Waals surface area contributed by atoms with Crippen LogP contribution >= 0.6 is 0 Å². The van der Waals surface area contributed by atoms with E-state index in [1.54, 1.807) is 31.4 Å². The zero-order valence-electron chi connectivity index (χ0n) is 23.4. The van der Waals surface area contributed by atoms with E-state index in [9.17, 15) is 9.90 Å². The lowest BCUT2D eigenvalue weighted by molar-refractivity contribution is 0.274. The fraction of sp³-hybridized carbons (Fsp3) is 0.250. The number of methoxy groups -OCH3 is 1. The smallest absolute Gasteiger partial charge is 0.293 e. The summed E-state index contributed by atoms with van der Waals surface area (Å²) in [5.41, 5.74) is 7.63. The minimum atomic E-state index is -0.261. The monoisotopic (exact) mass is 524 g/mol. The van der Waals surface area contributed by atoms with Crippen LogP contribution in [0, 0.1) is 6.92 Å². The van der Waals surface area contributed by atoms with Crippen LogP contribution in [0.5, 0.6) is 5.75 Å². The van der Waals surface area contributed by atoms with Crippen molar-refractivity contribution in [2.24, 2.45) is 7.05 Å². The maximum Gasteiger partial charge on any atom is 0.293 e. The summed E-state index contributed by atoms with van der Waals surface area (Å²) in [5, 5.41) is 16.1. The SMILES string of the molecule is C=C(Nc1cccc(-c2cn(C)c(=O)c(Nc3ccc(CO)c(OC)c3)n2)c1C)c1ccc(C(C)(C)C)cc1. The van der Waals surface area contributed by atoms with Gasteiger partial charge in [0.25, 0.3) is 5.56 Å². The van der Waals surface area contributed by atoms with Crippen molar-refractivity contribution in [1.29, 1.82) is 0 Å². The molecule has 0 aliphatic rings. The van der Waals surface area contributed by atoms with Crippen molar-refractivity contribution in [3.05, 3.63) is 106 Å². The Morgan fingerprint density at radius 3 is 2.46 bits per heavy atom. The minimum Gasteiger partial charge on any atom is -0.496 e. The van der Waals surface area contributed by atoms with E-state index in [1.165, 1.54) is 17.2 Å². The maximum absolute atomic E-state index is 12.9. The average Bonchev–Trinajstić information content (AvgIpc) is 2.91. The zero-order valence-corrected chi connectivity index (χ0v) is 23.4. The Labute approximate surface area is 229 Å². The van der Waals surface area contributed by atoms with Gasteiger partial charge in [-0.1, -0.05) is 69.8 Å². The second-order valence-electron chi connectivity index (χ2n) is 10.6. The van der Waals surface area contributed by atoms with E-state index in [1.807, 2.05) is 25.1 Å². The minimum absolute atomic E-state index is 0.0870. The average molecular weight is 525 g/mol. The Balaban J connectivity index is 1.63. The van der Waals surface area contributed by atoms with Gasteiger partial charge in [-0.2, -0.15) is 0 Å². The van der Waals surface area contributed by atoms with E-state index >= 15 is 0 Å². The molecule has 3 N–H and O–H groups in total. The number of hydrogen-bond acceptors (Lipinski definition) is 6. The topological polar surface area (TPSA) is 88.4 Å².